The Hall–Kier alpha value is -4.04. The van der Waals surface area contributed by atoms with Crippen LogP contribution in [0.5, 0.6) is 11.5 Å². The summed E-state index contributed by atoms with van der Waals surface area (Å²) in [6, 6.07) is 7.89. The molecule has 2 aromatic carbocycles. The lowest BCUT2D eigenvalue weighted by atomic mass is 10.1. The first-order valence-electron chi connectivity index (χ1n) is 10.7. The standard InChI is InChI=1S/C13H13F4N3O.C10H8F4O3/c14-10-8-9(3-4-11(10)21-13(15,16)17)2-1-7-20-12(18)5-6-19-20;11-7-5-6(2-4-9(15)16)1-3-8(7)17-10(12,13)14/h3-6,8H,1-2,7,18H2;1,3,5H,2,4H2,(H,15,16). The number of nitrogen functional groups attached to an aromatic ring is 1. The van der Waals surface area contributed by atoms with Crippen molar-refractivity contribution in [3.8, 4) is 11.5 Å². The Morgan fingerprint density at radius 3 is 1.76 bits per heavy atom. The van der Waals surface area contributed by atoms with Crippen LogP contribution < -0.4 is 15.2 Å². The number of alkyl halides is 6. The molecule has 3 rings (SSSR count). The number of benzene rings is 2. The molecule has 0 spiro atoms. The molecule has 0 aliphatic carbocycles. The Bertz CT molecular complexity index is 1210. The van der Waals surface area contributed by atoms with Crippen LogP contribution in [0.4, 0.5) is 40.9 Å². The summed E-state index contributed by atoms with van der Waals surface area (Å²) in [6.45, 7) is 0.543. The molecule has 0 amide bonds. The van der Waals surface area contributed by atoms with Gasteiger partial charge in [-0.05, 0) is 60.7 Å². The minimum absolute atomic E-state index is 0.0402. The predicted octanol–water partition coefficient (Wildman–Crippen LogP) is 5.88. The van der Waals surface area contributed by atoms with Crippen molar-refractivity contribution in [1.29, 1.82) is 0 Å². The zero-order chi connectivity index (χ0) is 28.5. The summed E-state index contributed by atoms with van der Waals surface area (Å²) in [5.41, 5.74) is 6.51. The highest BCUT2D eigenvalue weighted by atomic mass is 19.4. The molecule has 0 saturated carbocycles. The van der Waals surface area contributed by atoms with Gasteiger partial charge in [-0.2, -0.15) is 5.10 Å². The monoisotopic (exact) mass is 555 g/mol. The third kappa shape index (κ3) is 10.9. The van der Waals surface area contributed by atoms with Gasteiger partial charge in [0.1, 0.15) is 5.82 Å². The summed E-state index contributed by atoms with van der Waals surface area (Å²) in [6.07, 6.45) is -7.35. The van der Waals surface area contributed by atoms with Gasteiger partial charge in [-0.15, -0.1) is 26.3 Å². The second kappa shape index (κ2) is 13.0. The summed E-state index contributed by atoms with van der Waals surface area (Å²) >= 11 is 0. The first-order chi connectivity index (χ1) is 17.6. The van der Waals surface area contributed by atoms with Gasteiger partial charge in [0.25, 0.3) is 0 Å². The molecule has 0 bridgehead atoms. The van der Waals surface area contributed by atoms with Crippen LogP contribution in [0.1, 0.15) is 24.0 Å². The normalized spacial score (nSPS) is 11.5. The van der Waals surface area contributed by atoms with E-state index in [9.17, 15) is 39.9 Å². The lowest BCUT2D eigenvalue weighted by Gasteiger charge is -2.10. The fourth-order valence-electron chi connectivity index (χ4n) is 3.03. The zero-order valence-corrected chi connectivity index (χ0v) is 19.3. The highest BCUT2D eigenvalue weighted by Crippen LogP contribution is 2.27. The van der Waals surface area contributed by atoms with Crippen molar-refractivity contribution in [1.82, 2.24) is 9.78 Å². The fraction of sp³-hybridized carbons (Fsp3) is 0.304. The molecule has 7 nitrogen and oxygen atoms in total. The SMILES string of the molecule is Nc1ccnn1CCCc1ccc(OC(F)(F)F)c(F)c1.O=C(O)CCc1ccc(OC(F)(F)F)c(F)c1. The molecule has 0 atom stereocenters. The van der Waals surface area contributed by atoms with Crippen molar-refractivity contribution in [3.63, 3.8) is 0 Å². The molecule has 1 heterocycles. The minimum atomic E-state index is -4.95. The number of nitrogens with zero attached hydrogens (tertiary/aromatic N) is 2. The molecule has 0 unspecified atom stereocenters. The van der Waals surface area contributed by atoms with Gasteiger partial charge < -0.3 is 20.3 Å². The van der Waals surface area contributed by atoms with Crippen LogP contribution in [0, 0.1) is 11.6 Å². The summed E-state index contributed by atoms with van der Waals surface area (Å²) in [5, 5.41) is 12.4. The quantitative estimate of drug-likeness (QED) is 0.320. The number of hydrogen-bond acceptors (Lipinski definition) is 5. The van der Waals surface area contributed by atoms with Crippen LogP contribution in [0.15, 0.2) is 48.7 Å². The van der Waals surface area contributed by atoms with Gasteiger partial charge in [0.15, 0.2) is 23.1 Å². The molecule has 208 valence electrons. The number of aryl methyl sites for hydroxylation is 3. The topological polar surface area (TPSA) is 99.6 Å². The van der Waals surface area contributed by atoms with E-state index < -0.39 is 41.8 Å². The Kier molecular flexibility index (Phi) is 10.3. The van der Waals surface area contributed by atoms with Gasteiger partial charge in [-0.1, -0.05) is 12.1 Å². The average molecular weight is 555 g/mol. The first kappa shape index (κ1) is 30.2. The maximum Gasteiger partial charge on any atom is 0.573 e. The number of aromatic nitrogens is 2. The minimum Gasteiger partial charge on any atom is -0.481 e. The third-order valence-electron chi connectivity index (χ3n) is 4.66. The number of carboxylic acid groups (broad SMARTS) is 1. The van der Waals surface area contributed by atoms with Crippen LogP contribution in [0.3, 0.4) is 0 Å². The molecule has 0 aliphatic rings. The van der Waals surface area contributed by atoms with E-state index in [0.29, 0.717) is 36.3 Å². The summed E-state index contributed by atoms with van der Waals surface area (Å²) in [7, 11) is 0. The molecular formula is C23H21F8N3O4. The van der Waals surface area contributed by atoms with Crippen molar-refractivity contribution in [2.24, 2.45) is 0 Å². The number of carboxylic acids is 1. The molecule has 0 fully saturated rings. The van der Waals surface area contributed by atoms with Crippen LogP contribution in [-0.4, -0.2) is 33.6 Å². The van der Waals surface area contributed by atoms with Gasteiger partial charge in [0.2, 0.25) is 0 Å². The van der Waals surface area contributed by atoms with Crippen molar-refractivity contribution in [3.05, 3.63) is 71.4 Å². The molecule has 3 N–H and O–H groups in total. The zero-order valence-electron chi connectivity index (χ0n) is 19.3. The average Bonchev–Trinajstić information content (AvgIpc) is 3.19. The molecule has 38 heavy (non-hydrogen) atoms. The summed E-state index contributed by atoms with van der Waals surface area (Å²) < 4.78 is 107. The number of halogens is 8. The Balaban J connectivity index is 0.000000273. The predicted molar refractivity (Wildman–Crippen MR) is 117 cm³/mol. The van der Waals surface area contributed by atoms with E-state index in [0.717, 1.165) is 24.3 Å². The largest absolute Gasteiger partial charge is 0.573 e. The van der Waals surface area contributed by atoms with E-state index in [1.165, 1.54) is 12.1 Å². The van der Waals surface area contributed by atoms with E-state index in [1.807, 2.05) is 0 Å². The number of aliphatic carboxylic acids is 1. The molecule has 3 aromatic rings. The van der Waals surface area contributed by atoms with Crippen LogP contribution >= 0.6 is 0 Å². The van der Waals surface area contributed by atoms with E-state index in [4.69, 9.17) is 10.8 Å². The third-order valence-corrected chi connectivity index (χ3v) is 4.66. The van der Waals surface area contributed by atoms with E-state index in [2.05, 4.69) is 14.6 Å². The number of ether oxygens (including phenoxy) is 2. The lowest BCUT2D eigenvalue weighted by Crippen LogP contribution is -2.18. The second-order valence-corrected chi connectivity index (χ2v) is 7.60. The Morgan fingerprint density at radius 1 is 0.868 bits per heavy atom. The van der Waals surface area contributed by atoms with Gasteiger partial charge in [0, 0.05) is 13.0 Å². The highest BCUT2D eigenvalue weighted by molar-refractivity contribution is 5.67. The maximum atomic E-state index is 13.5. The summed E-state index contributed by atoms with van der Waals surface area (Å²) in [5.74, 6) is -4.52. The van der Waals surface area contributed by atoms with Crippen LogP contribution in [-0.2, 0) is 24.2 Å². The number of hydrogen-bond donors (Lipinski definition) is 2. The summed E-state index contributed by atoms with van der Waals surface area (Å²) in [4.78, 5) is 10.2. The fourth-order valence-corrected chi connectivity index (χ4v) is 3.03. The molecular weight excluding hydrogens is 534 g/mol. The van der Waals surface area contributed by atoms with Gasteiger partial charge in [-0.25, -0.2) is 8.78 Å². The van der Waals surface area contributed by atoms with Crippen LogP contribution in [0.25, 0.3) is 0 Å². The van der Waals surface area contributed by atoms with Crippen LogP contribution in [0.2, 0.25) is 0 Å². The van der Waals surface area contributed by atoms with Gasteiger partial charge in [0.05, 0.1) is 6.20 Å². The van der Waals surface area contributed by atoms with Crippen molar-refractivity contribution in [2.75, 3.05) is 5.73 Å². The number of rotatable bonds is 9. The number of anilines is 1. The molecule has 0 radical (unpaired) electrons. The van der Waals surface area contributed by atoms with E-state index in [-0.39, 0.29) is 12.8 Å². The van der Waals surface area contributed by atoms with Crippen molar-refractivity contribution < 1.29 is 54.5 Å². The Morgan fingerprint density at radius 2 is 1.37 bits per heavy atom. The first-order valence-corrected chi connectivity index (χ1v) is 10.7. The highest BCUT2D eigenvalue weighted by Gasteiger charge is 2.33. The number of carbonyl (C=O) groups is 1. The van der Waals surface area contributed by atoms with Crippen molar-refractivity contribution in [2.45, 2.75) is 45.0 Å². The molecule has 15 heteroatoms. The Labute approximate surface area is 210 Å². The molecule has 1 aromatic heterocycles. The van der Waals surface area contributed by atoms with E-state index >= 15 is 0 Å². The molecule has 0 saturated heterocycles. The molecule has 0 aliphatic heterocycles. The number of nitrogens with two attached hydrogens (primary N) is 1. The van der Waals surface area contributed by atoms with Gasteiger partial charge in [-0.3, -0.25) is 9.48 Å². The second-order valence-electron chi connectivity index (χ2n) is 7.60. The van der Waals surface area contributed by atoms with Gasteiger partial charge >= 0.3 is 18.7 Å². The van der Waals surface area contributed by atoms with E-state index in [1.54, 1.807) is 16.9 Å². The maximum absolute atomic E-state index is 13.5. The smallest absolute Gasteiger partial charge is 0.481 e. The lowest BCUT2D eigenvalue weighted by molar-refractivity contribution is -0.276. The van der Waals surface area contributed by atoms with Crippen molar-refractivity contribution >= 4 is 11.8 Å².